The molecule has 0 aromatic heterocycles. The first-order valence-electron chi connectivity index (χ1n) is 8.08. The third-order valence-corrected chi connectivity index (χ3v) is 6.85. The standard InChI is InChI=1S/C16H28O2S/c1-12-2-4-13(5-3-12)15(17)14-6-8-18-16(10-14)7-9-19-11-16/h12-15,17H,2-11H2,1H3. The fraction of sp³-hybridized carbons (Fsp3) is 1.00. The number of hydrogen-bond acceptors (Lipinski definition) is 3. The maximum atomic E-state index is 10.8. The van der Waals surface area contributed by atoms with Gasteiger partial charge in [0.2, 0.25) is 0 Å². The molecule has 0 aromatic rings. The Morgan fingerprint density at radius 2 is 1.95 bits per heavy atom. The van der Waals surface area contributed by atoms with Gasteiger partial charge in [-0.05, 0) is 55.6 Å². The molecule has 110 valence electrons. The van der Waals surface area contributed by atoms with Gasteiger partial charge in [-0.2, -0.15) is 11.8 Å². The molecule has 0 bridgehead atoms. The summed E-state index contributed by atoms with van der Waals surface area (Å²) < 4.78 is 6.08. The van der Waals surface area contributed by atoms with Crippen molar-refractivity contribution >= 4 is 11.8 Å². The van der Waals surface area contributed by atoms with Crippen molar-refractivity contribution in [1.29, 1.82) is 0 Å². The highest BCUT2D eigenvalue weighted by Gasteiger charge is 2.43. The van der Waals surface area contributed by atoms with E-state index < -0.39 is 0 Å². The smallest absolute Gasteiger partial charge is 0.0783 e. The van der Waals surface area contributed by atoms with Crippen LogP contribution in [0.5, 0.6) is 0 Å². The monoisotopic (exact) mass is 284 g/mol. The Labute approximate surface area is 121 Å². The number of aliphatic hydroxyl groups is 1. The van der Waals surface area contributed by atoms with Crippen molar-refractivity contribution in [3.63, 3.8) is 0 Å². The summed E-state index contributed by atoms with van der Waals surface area (Å²) in [4.78, 5) is 0. The Balaban J connectivity index is 1.58. The van der Waals surface area contributed by atoms with Crippen LogP contribution in [-0.4, -0.2) is 34.9 Å². The summed E-state index contributed by atoms with van der Waals surface area (Å²) in [6, 6.07) is 0. The molecule has 3 fully saturated rings. The first-order valence-corrected chi connectivity index (χ1v) is 9.24. The number of hydrogen-bond donors (Lipinski definition) is 1. The number of thioether (sulfide) groups is 1. The first kappa shape index (κ1) is 14.2. The van der Waals surface area contributed by atoms with E-state index in [0.29, 0.717) is 11.8 Å². The molecule has 2 aliphatic heterocycles. The van der Waals surface area contributed by atoms with Crippen LogP contribution < -0.4 is 0 Å². The maximum absolute atomic E-state index is 10.8. The van der Waals surface area contributed by atoms with Crippen molar-refractivity contribution < 1.29 is 9.84 Å². The van der Waals surface area contributed by atoms with Crippen LogP contribution in [0.25, 0.3) is 0 Å². The van der Waals surface area contributed by atoms with E-state index >= 15 is 0 Å². The minimum Gasteiger partial charge on any atom is -0.393 e. The zero-order chi connectivity index (χ0) is 13.3. The van der Waals surface area contributed by atoms with E-state index in [1.165, 1.54) is 37.9 Å². The topological polar surface area (TPSA) is 29.5 Å². The van der Waals surface area contributed by atoms with E-state index in [2.05, 4.69) is 6.92 Å². The van der Waals surface area contributed by atoms with Crippen molar-refractivity contribution in [3.8, 4) is 0 Å². The highest BCUT2D eigenvalue weighted by Crippen LogP contribution is 2.43. The number of rotatable bonds is 2. The van der Waals surface area contributed by atoms with Crippen molar-refractivity contribution in [3.05, 3.63) is 0 Å². The van der Waals surface area contributed by atoms with Gasteiger partial charge >= 0.3 is 0 Å². The van der Waals surface area contributed by atoms with Gasteiger partial charge in [0, 0.05) is 12.4 Å². The second-order valence-corrected chi connectivity index (χ2v) is 8.20. The summed E-state index contributed by atoms with van der Waals surface area (Å²) >= 11 is 2.02. The lowest BCUT2D eigenvalue weighted by atomic mass is 9.73. The van der Waals surface area contributed by atoms with Crippen molar-refractivity contribution in [2.45, 2.75) is 63.6 Å². The van der Waals surface area contributed by atoms with Crippen LogP contribution in [0.1, 0.15) is 51.9 Å². The van der Waals surface area contributed by atoms with Gasteiger partial charge in [-0.25, -0.2) is 0 Å². The molecule has 19 heavy (non-hydrogen) atoms. The maximum Gasteiger partial charge on any atom is 0.0783 e. The zero-order valence-electron chi connectivity index (χ0n) is 12.1. The summed E-state index contributed by atoms with van der Waals surface area (Å²) in [5.74, 6) is 4.31. The van der Waals surface area contributed by atoms with Crippen LogP contribution >= 0.6 is 11.8 Å². The molecule has 3 aliphatic rings. The van der Waals surface area contributed by atoms with Crippen LogP contribution in [0, 0.1) is 17.8 Å². The summed E-state index contributed by atoms with van der Waals surface area (Å²) in [7, 11) is 0. The summed E-state index contributed by atoms with van der Waals surface area (Å²) in [6.07, 6.45) is 8.40. The molecule has 0 aromatic carbocycles. The van der Waals surface area contributed by atoms with Gasteiger partial charge in [-0.3, -0.25) is 0 Å². The van der Waals surface area contributed by atoms with E-state index in [9.17, 15) is 5.11 Å². The molecule has 2 nitrogen and oxygen atoms in total. The highest BCUT2D eigenvalue weighted by molar-refractivity contribution is 7.99. The molecule has 0 radical (unpaired) electrons. The molecule has 1 saturated carbocycles. The normalized spacial score (nSPS) is 45.5. The van der Waals surface area contributed by atoms with Crippen LogP contribution in [0.3, 0.4) is 0 Å². The lowest BCUT2D eigenvalue weighted by Crippen LogP contribution is -2.45. The van der Waals surface area contributed by atoms with Crippen molar-refractivity contribution in [2.75, 3.05) is 18.1 Å². The number of ether oxygens (including phenoxy) is 1. The predicted molar refractivity (Wildman–Crippen MR) is 80.5 cm³/mol. The minimum absolute atomic E-state index is 0.0705. The molecular weight excluding hydrogens is 256 g/mol. The van der Waals surface area contributed by atoms with Gasteiger partial charge in [0.25, 0.3) is 0 Å². The quantitative estimate of drug-likeness (QED) is 0.842. The van der Waals surface area contributed by atoms with Crippen LogP contribution in [0.2, 0.25) is 0 Å². The van der Waals surface area contributed by atoms with E-state index in [0.717, 1.165) is 31.1 Å². The van der Waals surface area contributed by atoms with Gasteiger partial charge in [-0.1, -0.05) is 19.8 Å². The Morgan fingerprint density at radius 3 is 2.63 bits per heavy atom. The average molecular weight is 284 g/mol. The third kappa shape index (κ3) is 3.14. The van der Waals surface area contributed by atoms with Crippen LogP contribution in [0.15, 0.2) is 0 Å². The summed E-state index contributed by atoms with van der Waals surface area (Å²) in [5, 5.41) is 10.8. The van der Waals surface area contributed by atoms with Crippen LogP contribution in [-0.2, 0) is 4.74 Å². The second kappa shape index (κ2) is 5.95. The molecule has 0 amide bonds. The summed E-state index contributed by atoms with van der Waals surface area (Å²) in [6.45, 7) is 3.22. The third-order valence-electron chi connectivity index (χ3n) is 5.62. The molecule has 1 spiro atoms. The van der Waals surface area contributed by atoms with Gasteiger partial charge in [0.05, 0.1) is 11.7 Å². The van der Waals surface area contributed by atoms with Crippen molar-refractivity contribution in [1.82, 2.24) is 0 Å². The molecule has 2 heterocycles. The predicted octanol–water partition coefficient (Wildman–Crippen LogP) is 3.48. The van der Waals surface area contributed by atoms with E-state index in [1.807, 2.05) is 11.8 Å². The highest BCUT2D eigenvalue weighted by atomic mass is 32.2. The zero-order valence-corrected chi connectivity index (χ0v) is 13.0. The lowest BCUT2D eigenvalue weighted by molar-refractivity contribution is -0.112. The molecular formula is C16H28O2S. The average Bonchev–Trinajstić information content (AvgIpc) is 2.87. The van der Waals surface area contributed by atoms with Gasteiger partial charge < -0.3 is 9.84 Å². The van der Waals surface area contributed by atoms with E-state index in [1.54, 1.807) is 0 Å². The first-order chi connectivity index (χ1) is 9.19. The molecule has 1 N–H and O–H groups in total. The van der Waals surface area contributed by atoms with Gasteiger partial charge in [0.1, 0.15) is 0 Å². The van der Waals surface area contributed by atoms with Gasteiger partial charge in [-0.15, -0.1) is 0 Å². The second-order valence-electron chi connectivity index (χ2n) is 7.10. The largest absolute Gasteiger partial charge is 0.393 e. The lowest BCUT2D eigenvalue weighted by Gasteiger charge is -2.42. The molecule has 2 saturated heterocycles. The van der Waals surface area contributed by atoms with E-state index in [-0.39, 0.29) is 11.7 Å². The SMILES string of the molecule is CC1CCC(C(O)C2CCOC3(CCSC3)C2)CC1. The Hall–Kier alpha value is 0.270. The van der Waals surface area contributed by atoms with Crippen LogP contribution in [0.4, 0.5) is 0 Å². The van der Waals surface area contributed by atoms with Gasteiger partial charge in [0.15, 0.2) is 0 Å². The molecule has 3 heteroatoms. The Morgan fingerprint density at radius 1 is 1.16 bits per heavy atom. The Bertz CT molecular complexity index is 293. The molecule has 1 aliphatic carbocycles. The molecule has 3 unspecified atom stereocenters. The summed E-state index contributed by atoms with van der Waals surface area (Å²) in [5.41, 5.74) is 0.122. The minimum atomic E-state index is -0.0705. The molecule has 3 rings (SSSR count). The van der Waals surface area contributed by atoms with E-state index in [4.69, 9.17) is 4.74 Å². The Kier molecular flexibility index (Phi) is 4.45. The number of aliphatic hydroxyl groups excluding tert-OH is 1. The fourth-order valence-corrected chi connectivity index (χ4v) is 5.61. The molecule has 3 atom stereocenters. The fourth-order valence-electron chi connectivity index (χ4n) is 4.23. The van der Waals surface area contributed by atoms with Crippen molar-refractivity contribution in [2.24, 2.45) is 17.8 Å².